The van der Waals surface area contributed by atoms with Gasteiger partial charge >= 0.3 is 0 Å². The van der Waals surface area contributed by atoms with Crippen LogP contribution in [0.1, 0.15) is 39.3 Å². The maximum absolute atomic E-state index is 13.4. The van der Waals surface area contributed by atoms with Crippen molar-refractivity contribution in [3.05, 3.63) is 53.0 Å². The molecule has 34 heavy (non-hydrogen) atoms. The molecule has 0 aliphatic carbocycles. The van der Waals surface area contributed by atoms with Gasteiger partial charge in [0.05, 0.1) is 7.11 Å². The van der Waals surface area contributed by atoms with Gasteiger partial charge in [-0.25, -0.2) is 9.37 Å². The van der Waals surface area contributed by atoms with Gasteiger partial charge in [-0.3, -0.25) is 14.4 Å². The van der Waals surface area contributed by atoms with Gasteiger partial charge in [-0.15, -0.1) is 0 Å². The molecule has 1 fully saturated rings. The Morgan fingerprint density at radius 3 is 2.47 bits per heavy atom. The number of methoxy groups -OCH3 is 1. The van der Waals surface area contributed by atoms with Crippen LogP contribution in [0.5, 0.6) is 5.88 Å². The molecule has 1 aliphatic rings. The quantitative estimate of drug-likeness (QED) is 0.394. The summed E-state index contributed by atoms with van der Waals surface area (Å²) in [5, 5.41) is 0.362. The normalized spacial score (nSPS) is 14.3. The second-order valence-electron chi connectivity index (χ2n) is 8.52. The number of halogens is 1. The van der Waals surface area contributed by atoms with Crippen molar-refractivity contribution in [2.24, 2.45) is 5.92 Å². The van der Waals surface area contributed by atoms with Crippen LogP contribution in [-0.4, -0.2) is 71.0 Å². The van der Waals surface area contributed by atoms with E-state index in [9.17, 15) is 18.8 Å². The zero-order valence-corrected chi connectivity index (χ0v) is 20.0. The largest absolute Gasteiger partial charge is 0.480 e. The van der Waals surface area contributed by atoms with Gasteiger partial charge in [-0.2, -0.15) is 4.37 Å². The van der Waals surface area contributed by atoms with E-state index in [1.54, 1.807) is 23.1 Å². The minimum absolute atomic E-state index is 0.0130. The highest BCUT2D eigenvalue weighted by Gasteiger charge is 2.29. The summed E-state index contributed by atoms with van der Waals surface area (Å²) in [5.74, 6) is -1.37. The van der Waals surface area contributed by atoms with E-state index in [1.807, 2.05) is 0 Å². The predicted octanol–water partition coefficient (Wildman–Crippen LogP) is 3.20. The molecular formula is C24H25FN4O4S. The van der Waals surface area contributed by atoms with Crippen LogP contribution in [-0.2, 0) is 11.2 Å². The van der Waals surface area contributed by atoms with Crippen LogP contribution in [0.3, 0.4) is 0 Å². The molecule has 3 heterocycles. The number of amides is 2. The molecule has 178 valence electrons. The molecular weight excluding hydrogens is 459 g/mol. The lowest BCUT2D eigenvalue weighted by molar-refractivity contribution is -0.124. The van der Waals surface area contributed by atoms with Crippen molar-refractivity contribution >= 4 is 39.3 Å². The number of fused-ring (bicyclic) bond motifs is 1. The minimum atomic E-state index is -0.747. The number of likely N-dealkylation sites (tertiary alicyclic amines) is 1. The molecule has 0 N–H and O–H groups in total. The summed E-state index contributed by atoms with van der Waals surface area (Å²) in [6, 6.07) is 8.08. The summed E-state index contributed by atoms with van der Waals surface area (Å²) in [7, 11) is 4.41. The number of hydrogen-bond acceptors (Lipinski definition) is 7. The van der Waals surface area contributed by atoms with E-state index >= 15 is 0 Å². The van der Waals surface area contributed by atoms with Crippen molar-refractivity contribution in [1.82, 2.24) is 19.2 Å². The average Bonchev–Trinajstić information content (AvgIpc) is 3.26. The van der Waals surface area contributed by atoms with Crippen LogP contribution in [0, 0.1) is 11.7 Å². The van der Waals surface area contributed by atoms with Crippen LogP contribution in [0.4, 0.5) is 4.39 Å². The Hall–Kier alpha value is -3.40. The fourth-order valence-corrected chi connectivity index (χ4v) is 4.84. The summed E-state index contributed by atoms with van der Waals surface area (Å²) in [5.41, 5.74) is 1.30. The SMILES string of the molecule is COc1nc2snc(C(=O)C(=O)N(C)C)c2cc1C(=O)N1CCC(Cc2ccc(F)cc2)CC1. The summed E-state index contributed by atoms with van der Waals surface area (Å²) in [4.78, 5) is 45.8. The Morgan fingerprint density at radius 1 is 1.18 bits per heavy atom. The van der Waals surface area contributed by atoms with Crippen LogP contribution >= 0.6 is 11.5 Å². The fourth-order valence-electron chi connectivity index (χ4n) is 4.10. The standard InChI is InChI=1S/C24H25FN4O4S/c1-28(2)24(32)20(30)19-17-13-18(21(33-3)26-22(17)34-27-19)23(31)29-10-8-15(9-11-29)12-14-4-6-16(25)7-5-14/h4-7,13,15H,8-12H2,1-3H3. The number of rotatable bonds is 6. The smallest absolute Gasteiger partial charge is 0.296 e. The van der Waals surface area contributed by atoms with Crippen LogP contribution in [0.2, 0.25) is 0 Å². The zero-order valence-electron chi connectivity index (χ0n) is 19.2. The zero-order chi connectivity index (χ0) is 24.4. The number of pyridine rings is 1. The van der Waals surface area contributed by atoms with E-state index in [0.717, 1.165) is 36.4 Å². The Morgan fingerprint density at radius 2 is 1.85 bits per heavy atom. The molecule has 1 aromatic carbocycles. The van der Waals surface area contributed by atoms with Gasteiger partial charge < -0.3 is 14.5 Å². The molecule has 0 radical (unpaired) electrons. The number of likely N-dealkylation sites (N-methyl/N-ethyl adjacent to an activating group) is 1. The Kier molecular flexibility index (Phi) is 6.87. The Bertz CT molecular complexity index is 1230. The highest BCUT2D eigenvalue weighted by Crippen LogP contribution is 2.30. The molecule has 8 nitrogen and oxygen atoms in total. The molecule has 3 aromatic rings. The van der Waals surface area contributed by atoms with Crippen molar-refractivity contribution in [1.29, 1.82) is 0 Å². The molecule has 0 bridgehead atoms. The number of benzene rings is 1. The minimum Gasteiger partial charge on any atom is -0.480 e. The number of hydrogen-bond donors (Lipinski definition) is 0. The molecule has 0 saturated carbocycles. The number of carbonyl (C=O) groups excluding carboxylic acids is 3. The van der Waals surface area contributed by atoms with Gasteiger partial charge in [0.25, 0.3) is 17.6 Å². The number of Topliss-reactive ketones (excluding diaryl/α,β-unsaturated/α-hetero) is 1. The molecule has 0 unspecified atom stereocenters. The van der Waals surface area contributed by atoms with E-state index in [0.29, 0.717) is 29.2 Å². The number of nitrogens with zero attached hydrogens (tertiary/aromatic N) is 4. The van der Waals surface area contributed by atoms with Crippen LogP contribution in [0.25, 0.3) is 10.2 Å². The fraction of sp³-hybridized carbons (Fsp3) is 0.375. The van der Waals surface area contributed by atoms with Gasteiger partial charge in [0.15, 0.2) is 0 Å². The Labute approximate surface area is 200 Å². The maximum atomic E-state index is 13.4. The first kappa shape index (κ1) is 23.7. The van der Waals surface area contributed by atoms with Crippen molar-refractivity contribution in [2.45, 2.75) is 19.3 Å². The number of aromatic nitrogens is 2. The second-order valence-corrected chi connectivity index (χ2v) is 9.28. The summed E-state index contributed by atoms with van der Waals surface area (Å²) in [6.45, 7) is 1.14. The Balaban J connectivity index is 1.52. The molecule has 4 rings (SSSR count). The first-order valence-corrected chi connectivity index (χ1v) is 11.7. The molecule has 10 heteroatoms. The number of piperidine rings is 1. The average molecular weight is 485 g/mol. The monoisotopic (exact) mass is 484 g/mol. The highest BCUT2D eigenvalue weighted by molar-refractivity contribution is 7.13. The second kappa shape index (κ2) is 9.84. The van der Waals surface area contributed by atoms with Gasteiger partial charge in [0, 0.05) is 32.6 Å². The van der Waals surface area contributed by atoms with Crippen molar-refractivity contribution in [2.75, 3.05) is 34.3 Å². The van der Waals surface area contributed by atoms with Gasteiger partial charge in [0.1, 0.15) is 21.9 Å². The number of carbonyl (C=O) groups is 3. The lowest BCUT2D eigenvalue weighted by Crippen LogP contribution is -2.39. The molecule has 0 spiro atoms. The van der Waals surface area contributed by atoms with Gasteiger partial charge in [-0.05, 0) is 60.5 Å². The molecule has 1 saturated heterocycles. The third kappa shape index (κ3) is 4.77. The van der Waals surface area contributed by atoms with Gasteiger partial charge in [0.2, 0.25) is 5.88 Å². The highest BCUT2D eigenvalue weighted by atomic mass is 32.1. The number of ether oxygens (including phenoxy) is 1. The summed E-state index contributed by atoms with van der Waals surface area (Å²) < 4.78 is 22.6. The van der Waals surface area contributed by atoms with Crippen molar-refractivity contribution in [3.8, 4) is 5.88 Å². The topological polar surface area (TPSA) is 92.7 Å². The third-order valence-electron chi connectivity index (χ3n) is 6.01. The van der Waals surface area contributed by atoms with Gasteiger partial charge in [-0.1, -0.05) is 12.1 Å². The van der Waals surface area contributed by atoms with Crippen molar-refractivity contribution in [3.63, 3.8) is 0 Å². The van der Waals surface area contributed by atoms with E-state index in [1.165, 1.54) is 38.2 Å². The molecule has 1 aliphatic heterocycles. The number of ketones is 1. The van der Waals surface area contributed by atoms with E-state index in [4.69, 9.17) is 4.74 Å². The summed E-state index contributed by atoms with van der Waals surface area (Å²) >= 11 is 0.978. The van der Waals surface area contributed by atoms with Crippen LogP contribution in [0.15, 0.2) is 30.3 Å². The third-order valence-corrected chi connectivity index (χ3v) is 6.77. The molecule has 0 atom stereocenters. The van der Waals surface area contributed by atoms with E-state index in [-0.39, 0.29) is 28.9 Å². The first-order chi connectivity index (χ1) is 16.3. The van der Waals surface area contributed by atoms with E-state index in [2.05, 4.69) is 9.36 Å². The predicted molar refractivity (Wildman–Crippen MR) is 126 cm³/mol. The van der Waals surface area contributed by atoms with Crippen LogP contribution < -0.4 is 4.74 Å². The lowest BCUT2D eigenvalue weighted by Gasteiger charge is -2.32. The lowest BCUT2D eigenvalue weighted by atomic mass is 9.90. The maximum Gasteiger partial charge on any atom is 0.296 e. The molecule has 2 amide bonds. The summed E-state index contributed by atoms with van der Waals surface area (Å²) in [6.07, 6.45) is 2.48. The molecule has 2 aromatic heterocycles. The van der Waals surface area contributed by atoms with Crippen molar-refractivity contribution < 1.29 is 23.5 Å². The first-order valence-electron chi connectivity index (χ1n) is 10.9. The van der Waals surface area contributed by atoms with E-state index < -0.39 is 11.7 Å².